The van der Waals surface area contributed by atoms with Crippen LogP contribution in [-0.2, 0) is 11.3 Å². The third-order valence-corrected chi connectivity index (χ3v) is 4.46. The van der Waals surface area contributed by atoms with Crippen LogP contribution in [-0.4, -0.2) is 43.4 Å². The van der Waals surface area contributed by atoms with Crippen molar-refractivity contribution in [3.05, 3.63) is 35.4 Å². The second kappa shape index (κ2) is 8.83. The molecule has 24 heavy (non-hydrogen) atoms. The lowest BCUT2D eigenvalue weighted by Gasteiger charge is -2.23. The number of amides is 2. The lowest BCUT2D eigenvalue weighted by Crippen LogP contribution is -2.38. The maximum Gasteiger partial charge on any atom is 0.251 e. The maximum atomic E-state index is 12.2. The smallest absolute Gasteiger partial charge is 0.251 e. The van der Waals surface area contributed by atoms with Crippen molar-refractivity contribution in [1.82, 2.24) is 15.5 Å². The van der Waals surface area contributed by atoms with Crippen LogP contribution in [0.15, 0.2) is 24.3 Å². The molecule has 1 unspecified atom stereocenters. The zero-order chi connectivity index (χ0) is 17.5. The fourth-order valence-electron chi connectivity index (χ4n) is 2.99. The molecule has 1 aromatic carbocycles. The molecule has 1 fully saturated rings. The maximum absolute atomic E-state index is 12.2. The topological polar surface area (TPSA) is 61.4 Å². The second-order valence-electron chi connectivity index (χ2n) is 6.97. The molecular weight excluding hydrogens is 302 g/mol. The number of rotatable bonds is 6. The molecule has 0 aliphatic carbocycles. The van der Waals surface area contributed by atoms with Crippen molar-refractivity contribution in [3.8, 4) is 0 Å². The van der Waals surface area contributed by atoms with Gasteiger partial charge >= 0.3 is 0 Å². The van der Waals surface area contributed by atoms with Crippen molar-refractivity contribution < 1.29 is 9.59 Å². The first-order valence-electron chi connectivity index (χ1n) is 8.80. The first kappa shape index (κ1) is 18.5. The quantitative estimate of drug-likeness (QED) is 0.838. The van der Waals surface area contributed by atoms with E-state index in [0.717, 1.165) is 25.2 Å². The van der Waals surface area contributed by atoms with Gasteiger partial charge in [-0.15, -0.1) is 0 Å². The van der Waals surface area contributed by atoms with E-state index in [1.807, 2.05) is 38.1 Å². The summed E-state index contributed by atoms with van der Waals surface area (Å²) in [4.78, 5) is 25.9. The summed E-state index contributed by atoms with van der Waals surface area (Å²) >= 11 is 0. The van der Waals surface area contributed by atoms with Gasteiger partial charge in [-0.1, -0.05) is 26.0 Å². The van der Waals surface area contributed by atoms with Crippen LogP contribution in [0.1, 0.15) is 42.6 Å². The highest BCUT2D eigenvalue weighted by Gasteiger charge is 2.15. The lowest BCUT2D eigenvalue weighted by atomic mass is 9.99. The van der Waals surface area contributed by atoms with E-state index < -0.39 is 0 Å². The second-order valence-corrected chi connectivity index (χ2v) is 6.97. The fourth-order valence-corrected chi connectivity index (χ4v) is 2.99. The Morgan fingerprint density at radius 2 is 2.00 bits per heavy atom. The largest absolute Gasteiger partial charge is 0.352 e. The summed E-state index contributed by atoms with van der Waals surface area (Å²) in [6, 6.07) is 7.50. The Morgan fingerprint density at radius 3 is 2.58 bits per heavy atom. The van der Waals surface area contributed by atoms with Gasteiger partial charge in [-0.2, -0.15) is 0 Å². The van der Waals surface area contributed by atoms with Crippen LogP contribution in [0.5, 0.6) is 0 Å². The van der Waals surface area contributed by atoms with Crippen LogP contribution in [0, 0.1) is 11.8 Å². The van der Waals surface area contributed by atoms with Gasteiger partial charge in [0.15, 0.2) is 0 Å². The van der Waals surface area contributed by atoms with Crippen molar-refractivity contribution in [2.45, 2.75) is 33.2 Å². The van der Waals surface area contributed by atoms with Gasteiger partial charge in [0.1, 0.15) is 0 Å². The monoisotopic (exact) mass is 331 g/mol. The van der Waals surface area contributed by atoms with Crippen molar-refractivity contribution in [3.63, 3.8) is 0 Å². The summed E-state index contributed by atoms with van der Waals surface area (Å²) in [5.74, 6) is 0.614. The third kappa shape index (κ3) is 5.34. The number of piperidine rings is 1. The van der Waals surface area contributed by atoms with Crippen molar-refractivity contribution in [2.24, 2.45) is 11.8 Å². The van der Waals surface area contributed by atoms with Crippen molar-refractivity contribution in [2.75, 3.05) is 26.7 Å². The Kier molecular flexibility index (Phi) is 6.79. The van der Waals surface area contributed by atoms with Gasteiger partial charge in [-0.25, -0.2) is 0 Å². The molecule has 1 atom stereocenters. The summed E-state index contributed by atoms with van der Waals surface area (Å²) in [5, 5.41) is 6.38. The minimum Gasteiger partial charge on any atom is -0.352 e. The summed E-state index contributed by atoms with van der Waals surface area (Å²) in [7, 11) is 1.81. The van der Waals surface area contributed by atoms with Gasteiger partial charge in [0.05, 0.1) is 0 Å². The predicted octanol–water partition coefficient (Wildman–Crippen LogP) is 2.03. The van der Waals surface area contributed by atoms with Gasteiger partial charge in [0.2, 0.25) is 5.91 Å². The van der Waals surface area contributed by atoms with Gasteiger partial charge in [-0.05, 0) is 49.5 Å². The average molecular weight is 331 g/mol. The Morgan fingerprint density at radius 1 is 1.29 bits per heavy atom. The Labute approximate surface area is 144 Å². The molecule has 2 amide bonds. The molecule has 2 rings (SSSR count). The number of carbonyl (C=O) groups excluding carboxylic acids is 2. The number of benzene rings is 1. The highest BCUT2D eigenvalue weighted by molar-refractivity contribution is 5.94. The fraction of sp³-hybridized carbons (Fsp3) is 0.579. The van der Waals surface area contributed by atoms with Crippen molar-refractivity contribution in [1.29, 1.82) is 0 Å². The summed E-state index contributed by atoms with van der Waals surface area (Å²) in [6.07, 6.45) is 2.35. The van der Waals surface area contributed by atoms with E-state index in [9.17, 15) is 9.59 Å². The molecule has 1 aliphatic rings. The van der Waals surface area contributed by atoms with Gasteiger partial charge in [0.25, 0.3) is 5.91 Å². The molecule has 5 nitrogen and oxygen atoms in total. The molecule has 2 N–H and O–H groups in total. The van der Waals surface area contributed by atoms with Crippen LogP contribution in [0.25, 0.3) is 0 Å². The summed E-state index contributed by atoms with van der Waals surface area (Å²) in [6.45, 7) is 7.14. The predicted molar refractivity (Wildman–Crippen MR) is 95.7 cm³/mol. The number of nitrogens with one attached hydrogen (secondary N) is 2. The van der Waals surface area contributed by atoms with Crippen LogP contribution in [0.2, 0.25) is 0 Å². The zero-order valence-electron chi connectivity index (χ0n) is 15.0. The summed E-state index contributed by atoms with van der Waals surface area (Å²) < 4.78 is 0. The van der Waals surface area contributed by atoms with E-state index in [4.69, 9.17) is 0 Å². The standard InChI is InChI=1S/C19H29N3O2/c1-14(2)19(24)22(3)13-15-6-8-17(9-7-15)18(23)21-12-16-5-4-10-20-11-16/h6-9,14,16,20H,4-5,10-13H2,1-3H3,(H,21,23). The van der Waals surface area contributed by atoms with Crippen LogP contribution < -0.4 is 10.6 Å². The third-order valence-electron chi connectivity index (χ3n) is 4.46. The average Bonchev–Trinajstić information content (AvgIpc) is 2.60. The lowest BCUT2D eigenvalue weighted by molar-refractivity contribution is -0.133. The molecule has 0 aromatic heterocycles. The van der Waals surface area contributed by atoms with Crippen LogP contribution in [0.4, 0.5) is 0 Å². The van der Waals surface area contributed by atoms with E-state index >= 15 is 0 Å². The Balaban J connectivity index is 1.84. The van der Waals surface area contributed by atoms with Gasteiger partial charge in [-0.3, -0.25) is 9.59 Å². The van der Waals surface area contributed by atoms with E-state index in [1.165, 1.54) is 12.8 Å². The normalized spacial score (nSPS) is 17.6. The molecule has 132 valence electrons. The molecule has 0 bridgehead atoms. The summed E-state index contributed by atoms with van der Waals surface area (Å²) in [5.41, 5.74) is 1.69. The number of nitrogens with zero attached hydrogens (tertiary/aromatic N) is 1. The first-order chi connectivity index (χ1) is 11.5. The Hall–Kier alpha value is -1.88. The highest BCUT2D eigenvalue weighted by Crippen LogP contribution is 2.11. The minimum absolute atomic E-state index is 0.00525. The molecule has 5 heteroatoms. The molecule has 0 spiro atoms. The van der Waals surface area contributed by atoms with E-state index in [1.54, 1.807) is 11.9 Å². The van der Waals surface area contributed by atoms with Gasteiger partial charge in [0, 0.05) is 31.6 Å². The SMILES string of the molecule is CC(C)C(=O)N(C)Cc1ccc(C(=O)NCC2CCCNC2)cc1. The number of hydrogen-bond donors (Lipinski definition) is 2. The van der Waals surface area contributed by atoms with E-state index in [0.29, 0.717) is 18.0 Å². The molecule has 0 saturated carbocycles. The molecular formula is C19H29N3O2. The molecule has 1 heterocycles. The first-order valence-corrected chi connectivity index (χ1v) is 8.80. The zero-order valence-corrected chi connectivity index (χ0v) is 15.0. The molecule has 1 saturated heterocycles. The van der Waals surface area contributed by atoms with Crippen molar-refractivity contribution >= 4 is 11.8 Å². The highest BCUT2D eigenvalue weighted by atomic mass is 16.2. The Bertz CT molecular complexity index is 548. The number of hydrogen-bond acceptors (Lipinski definition) is 3. The minimum atomic E-state index is -0.0289. The van der Waals surface area contributed by atoms with E-state index in [-0.39, 0.29) is 17.7 Å². The molecule has 1 aromatic rings. The molecule has 1 aliphatic heterocycles. The van der Waals surface area contributed by atoms with E-state index in [2.05, 4.69) is 10.6 Å². The number of carbonyl (C=O) groups is 2. The molecule has 0 radical (unpaired) electrons. The van der Waals surface area contributed by atoms with Crippen LogP contribution >= 0.6 is 0 Å². The van der Waals surface area contributed by atoms with Gasteiger partial charge < -0.3 is 15.5 Å². The van der Waals surface area contributed by atoms with Crippen LogP contribution in [0.3, 0.4) is 0 Å².